The molecule has 3 heterocycles. The van der Waals surface area contributed by atoms with Gasteiger partial charge in [0.05, 0.1) is 28.9 Å². The molecule has 15 nitrogen and oxygen atoms in total. The van der Waals surface area contributed by atoms with E-state index in [9.17, 15) is 45.9 Å². The van der Waals surface area contributed by atoms with Gasteiger partial charge in [0, 0.05) is 18.4 Å². The van der Waals surface area contributed by atoms with Crippen molar-refractivity contribution in [3.8, 4) is 11.6 Å². The SMILES string of the molecule is CCOc1ccc2nc(C(F)(F)F)c(O[C@@H]3C[C@H]4C(=O)N[C@]5(C(=O)NS(=O)(=O)C6(C)CC6)C[C@H]5/C=C\CC[C@H](C)C[C@@H](C)[C@H](NC(=O)O)C(=O)N4C3)nc2c1. The van der Waals surface area contributed by atoms with Crippen LogP contribution in [0.5, 0.6) is 11.6 Å². The topological polar surface area (TPSA) is 206 Å². The zero-order chi connectivity index (χ0) is 40.1. The van der Waals surface area contributed by atoms with Crippen LogP contribution in [0.3, 0.4) is 0 Å². The monoisotopic (exact) mass is 794 g/mol. The number of rotatable bonds is 8. The van der Waals surface area contributed by atoms with Crippen LogP contribution in [0.15, 0.2) is 30.4 Å². The number of fused-ring (bicyclic) bond motifs is 3. The molecule has 7 atom stereocenters. The third-order valence-corrected chi connectivity index (χ3v) is 13.1. The quantitative estimate of drug-likeness (QED) is 0.282. The standard InChI is InChI=1S/C36H45F3N6O9S/c1-5-53-22-10-11-24-25(15-22)41-30(28(40-24)36(37,38)39)54-23-16-26-29(46)43-35(32(48)44-55(51,52)34(4)12-13-34)17-21(35)9-7-6-8-19(2)14-20(3)27(42-33(49)50)31(47)45(26)18-23/h7,9-11,15,19-21,23,26-27,42H,5-6,8,12-14,16-18H2,1-4H3,(H,43,46)(H,44,48)(H,49,50)/b9-7-/t19-,20+,21+,23+,26-,27-,35+/m0/s1. The van der Waals surface area contributed by atoms with Crippen molar-refractivity contribution in [1.29, 1.82) is 0 Å². The summed E-state index contributed by atoms with van der Waals surface area (Å²) >= 11 is 0. The predicted octanol–water partition coefficient (Wildman–Crippen LogP) is 3.92. The minimum atomic E-state index is -5.01. The largest absolute Gasteiger partial charge is 0.494 e. The van der Waals surface area contributed by atoms with Gasteiger partial charge in [0.1, 0.15) is 29.5 Å². The molecule has 0 bridgehead atoms. The fourth-order valence-corrected chi connectivity index (χ4v) is 8.74. The Morgan fingerprint density at radius 1 is 1.13 bits per heavy atom. The summed E-state index contributed by atoms with van der Waals surface area (Å²) in [4.78, 5) is 63.3. The molecule has 6 rings (SSSR count). The van der Waals surface area contributed by atoms with E-state index in [2.05, 4.69) is 25.3 Å². The lowest BCUT2D eigenvalue weighted by Crippen LogP contribution is -2.59. The summed E-state index contributed by atoms with van der Waals surface area (Å²) in [6, 6.07) is 1.35. The minimum absolute atomic E-state index is 0.00749. The molecule has 4 aliphatic rings. The van der Waals surface area contributed by atoms with Gasteiger partial charge in [-0.2, -0.15) is 13.2 Å². The Labute approximate surface area is 315 Å². The van der Waals surface area contributed by atoms with Gasteiger partial charge in [0.25, 0.3) is 5.91 Å². The van der Waals surface area contributed by atoms with E-state index in [4.69, 9.17) is 9.47 Å². The molecule has 2 aromatic rings. The van der Waals surface area contributed by atoms with Crippen molar-refractivity contribution >= 4 is 44.9 Å². The highest BCUT2D eigenvalue weighted by atomic mass is 32.2. The fourth-order valence-electron chi connectivity index (χ4n) is 7.43. The Morgan fingerprint density at radius 3 is 2.51 bits per heavy atom. The average molecular weight is 795 g/mol. The summed E-state index contributed by atoms with van der Waals surface area (Å²) in [6.07, 6.45) is -2.22. The van der Waals surface area contributed by atoms with E-state index in [1.807, 2.05) is 13.0 Å². The van der Waals surface area contributed by atoms with E-state index < -0.39 is 98.4 Å². The molecule has 0 radical (unpaired) electrons. The highest BCUT2D eigenvalue weighted by Crippen LogP contribution is 2.48. The van der Waals surface area contributed by atoms with Gasteiger partial charge in [-0.3, -0.25) is 19.1 Å². The first kappa shape index (κ1) is 40.0. The third-order valence-electron chi connectivity index (χ3n) is 11.0. The normalized spacial score (nSPS) is 30.1. The van der Waals surface area contributed by atoms with Gasteiger partial charge in [0.2, 0.25) is 33.4 Å². The first-order valence-electron chi connectivity index (χ1n) is 18.3. The van der Waals surface area contributed by atoms with E-state index in [1.54, 1.807) is 19.9 Å². The second kappa shape index (κ2) is 14.8. The second-order valence-corrected chi connectivity index (χ2v) is 17.5. The molecule has 2 saturated carbocycles. The number of allylic oxidation sites excluding steroid dienone is 1. The van der Waals surface area contributed by atoms with Crippen molar-refractivity contribution in [2.75, 3.05) is 13.2 Å². The number of carbonyl (C=O) groups excluding carboxylic acids is 3. The van der Waals surface area contributed by atoms with Crippen LogP contribution in [0.25, 0.3) is 11.0 Å². The van der Waals surface area contributed by atoms with Gasteiger partial charge in [-0.15, -0.1) is 0 Å². The zero-order valence-corrected chi connectivity index (χ0v) is 31.6. The molecule has 1 aromatic heterocycles. The lowest BCUT2D eigenvalue weighted by Gasteiger charge is -2.32. The first-order valence-corrected chi connectivity index (χ1v) is 19.8. The molecule has 2 aliphatic heterocycles. The van der Waals surface area contributed by atoms with Crippen LogP contribution in [0.1, 0.15) is 78.3 Å². The Kier molecular flexibility index (Phi) is 10.7. The lowest BCUT2D eigenvalue weighted by molar-refractivity contribution is -0.143. The molecule has 1 aromatic carbocycles. The third kappa shape index (κ3) is 8.30. The predicted molar refractivity (Wildman–Crippen MR) is 190 cm³/mol. The van der Waals surface area contributed by atoms with Crippen LogP contribution >= 0.6 is 0 Å². The number of halogens is 3. The molecule has 3 fully saturated rings. The lowest BCUT2D eigenvalue weighted by atomic mass is 9.88. The van der Waals surface area contributed by atoms with Gasteiger partial charge >= 0.3 is 12.3 Å². The number of carbonyl (C=O) groups is 4. The number of alkyl halides is 3. The fraction of sp³-hybridized carbons (Fsp3) is 0.611. The number of carboxylic acid groups (broad SMARTS) is 1. The van der Waals surface area contributed by atoms with Crippen molar-refractivity contribution in [2.24, 2.45) is 17.8 Å². The van der Waals surface area contributed by atoms with Crippen molar-refractivity contribution in [3.63, 3.8) is 0 Å². The molecule has 19 heteroatoms. The number of hydrogen-bond donors (Lipinski definition) is 4. The van der Waals surface area contributed by atoms with Crippen molar-refractivity contribution < 1.29 is 55.3 Å². The summed E-state index contributed by atoms with van der Waals surface area (Å²) in [6.45, 7) is 6.69. The maximum absolute atomic E-state index is 14.4. The molecular formula is C36H45F3N6O9S. The molecule has 0 unspecified atom stereocenters. The summed E-state index contributed by atoms with van der Waals surface area (Å²) in [5.41, 5.74) is -3.20. The number of amides is 4. The smallest absolute Gasteiger partial charge is 0.438 e. The van der Waals surface area contributed by atoms with Crippen LogP contribution in [0, 0.1) is 17.8 Å². The number of nitrogens with one attached hydrogen (secondary N) is 3. The van der Waals surface area contributed by atoms with Gasteiger partial charge < -0.3 is 30.1 Å². The van der Waals surface area contributed by atoms with Crippen molar-refractivity contribution in [3.05, 3.63) is 36.0 Å². The number of hydrogen-bond acceptors (Lipinski definition) is 10. The summed E-state index contributed by atoms with van der Waals surface area (Å²) in [5, 5.41) is 14.7. The number of benzene rings is 1. The highest BCUT2D eigenvalue weighted by Gasteiger charge is 2.63. The zero-order valence-electron chi connectivity index (χ0n) is 30.8. The van der Waals surface area contributed by atoms with E-state index >= 15 is 0 Å². The number of ether oxygens (including phenoxy) is 2. The van der Waals surface area contributed by atoms with Crippen LogP contribution in [0.4, 0.5) is 18.0 Å². The van der Waals surface area contributed by atoms with Crippen LogP contribution in [-0.2, 0) is 30.6 Å². The maximum Gasteiger partial charge on any atom is 0.438 e. The molecule has 2 aliphatic carbocycles. The van der Waals surface area contributed by atoms with Crippen molar-refractivity contribution in [1.82, 2.24) is 30.2 Å². The molecule has 300 valence electrons. The molecule has 4 amide bonds. The first-order chi connectivity index (χ1) is 25.8. The summed E-state index contributed by atoms with van der Waals surface area (Å²) < 4.78 is 81.6. The second-order valence-electron chi connectivity index (χ2n) is 15.3. The van der Waals surface area contributed by atoms with Crippen LogP contribution < -0.4 is 24.8 Å². The molecule has 55 heavy (non-hydrogen) atoms. The van der Waals surface area contributed by atoms with E-state index in [0.29, 0.717) is 37.9 Å². The Balaban J connectivity index is 1.37. The molecular weight excluding hydrogens is 749 g/mol. The Morgan fingerprint density at radius 2 is 1.85 bits per heavy atom. The van der Waals surface area contributed by atoms with Crippen molar-refractivity contribution in [2.45, 2.75) is 107 Å². The van der Waals surface area contributed by atoms with Gasteiger partial charge in [-0.1, -0.05) is 26.0 Å². The number of aromatic nitrogens is 2. The highest BCUT2D eigenvalue weighted by molar-refractivity contribution is 7.91. The Hall–Kier alpha value is -4.68. The van der Waals surface area contributed by atoms with E-state index in [1.165, 1.54) is 25.1 Å². The van der Waals surface area contributed by atoms with Gasteiger partial charge in [-0.25, -0.2) is 23.2 Å². The number of nitrogens with zero attached hydrogens (tertiary/aromatic N) is 3. The average Bonchev–Trinajstić information content (AvgIpc) is 3.98. The van der Waals surface area contributed by atoms with E-state index in [0.717, 1.165) is 4.90 Å². The maximum atomic E-state index is 14.4. The molecule has 0 spiro atoms. The van der Waals surface area contributed by atoms with E-state index in [-0.39, 0.29) is 36.4 Å². The number of sulfonamides is 1. The van der Waals surface area contributed by atoms with Gasteiger partial charge in [0.15, 0.2) is 0 Å². The van der Waals surface area contributed by atoms with Crippen LogP contribution in [-0.4, -0.2) is 93.8 Å². The van der Waals surface area contributed by atoms with Gasteiger partial charge in [-0.05, 0) is 76.3 Å². The Bertz CT molecular complexity index is 2010. The molecule has 4 N–H and O–H groups in total. The summed E-state index contributed by atoms with van der Waals surface area (Å²) in [7, 11) is -4.11. The minimum Gasteiger partial charge on any atom is -0.494 e. The van der Waals surface area contributed by atoms with Crippen LogP contribution in [0.2, 0.25) is 0 Å². The summed E-state index contributed by atoms with van der Waals surface area (Å²) in [5.74, 6) is -4.40. The molecule has 1 saturated heterocycles.